The summed E-state index contributed by atoms with van der Waals surface area (Å²) >= 11 is 0. The molecule has 3 rings (SSSR count). The number of rotatable bonds is 4. The summed E-state index contributed by atoms with van der Waals surface area (Å²) in [7, 11) is 0. The molecule has 2 N–H and O–H groups in total. The van der Waals surface area contributed by atoms with Gasteiger partial charge in [-0.25, -0.2) is 10.2 Å². The second kappa shape index (κ2) is 7.49. The Morgan fingerprint density at radius 2 is 1.80 bits per heavy atom. The maximum absolute atomic E-state index is 11.9. The summed E-state index contributed by atoms with van der Waals surface area (Å²) in [5.74, 6) is 0. The van der Waals surface area contributed by atoms with E-state index in [1.165, 1.54) is 5.56 Å². The molecule has 0 bridgehead atoms. The third-order valence-corrected chi connectivity index (χ3v) is 3.94. The number of hydrogen-bond acceptors (Lipinski definition) is 2. The van der Waals surface area contributed by atoms with Crippen molar-refractivity contribution in [2.24, 2.45) is 5.10 Å². The molecule has 0 atom stereocenters. The van der Waals surface area contributed by atoms with Gasteiger partial charge in [0.2, 0.25) is 0 Å². The van der Waals surface area contributed by atoms with Crippen LogP contribution in [0.4, 0.5) is 10.5 Å². The Labute approximate surface area is 147 Å². The number of nitrogens with zero attached hydrogens (tertiary/aromatic N) is 2. The lowest BCUT2D eigenvalue weighted by Gasteiger charge is -2.07. The molecule has 2 amide bonds. The number of aromatic nitrogens is 1. The van der Waals surface area contributed by atoms with Crippen molar-refractivity contribution in [3.8, 4) is 5.69 Å². The number of carbonyl (C=O) groups excluding carboxylic acids is 1. The summed E-state index contributed by atoms with van der Waals surface area (Å²) in [5, 5.41) is 6.79. The molecule has 0 unspecified atom stereocenters. The first-order valence-corrected chi connectivity index (χ1v) is 8.03. The molecule has 5 heteroatoms. The fourth-order valence-corrected chi connectivity index (χ4v) is 2.46. The van der Waals surface area contributed by atoms with Crippen LogP contribution in [0.1, 0.15) is 16.8 Å². The topological polar surface area (TPSA) is 58.4 Å². The monoisotopic (exact) mass is 332 g/mol. The lowest BCUT2D eigenvalue weighted by atomic mass is 10.1. The van der Waals surface area contributed by atoms with Crippen molar-refractivity contribution in [3.63, 3.8) is 0 Å². The van der Waals surface area contributed by atoms with Crippen molar-refractivity contribution in [3.05, 3.63) is 83.7 Å². The van der Waals surface area contributed by atoms with Crippen LogP contribution in [0.3, 0.4) is 0 Å². The SMILES string of the molecule is Cc1ccc(NC(=O)N/N=C/c2cccn2-c2ccccc2)cc1C. The highest BCUT2D eigenvalue weighted by Gasteiger charge is 2.03. The van der Waals surface area contributed by atoms with Crippen molar-refractivity contribution >= 4 is 17.9 Å². The second-order valence-electron chi connectivity index (χ2n) is 5.76. The molecule has 3 aromatic rings. The van der Waals surface area contributed by atoms with Gasteiger partial charge in [0.1, 0.15) is 0 Å². The Hall–Kier alpha value is -3.34. The van der Waals surface area contributed by atoms with Crippen LogP contribution in [0.5, 0.6) is 0 Å². The van der Waals surface area contributed by atoms with E-state index in [0.717, 1.165) is 22.6 Å². The molecule has 5 nitrogen and oxygen atoms in total. The first-order chi connectivity index (χ1) is 12.1. The molecule has 0 saturated carbocycles. The van der Waals surface area contributed by atoms with Crippen molar-refractivity contribution in [1.82, 2.24) is 9.99 Å². The number of anilines is 1. The van der Waals surface area contributed by atoms with Gasteiger partial charge in [0.25, 0.3) is 0 Å². The van der Waals surface area contributed by atoms with E-state index in [0.29, 0.717) is 0 Å². The molecule has 126 valence electrons. The second-order valence-corrected chi connectivity index (χ2v) is 5.76. The Bertz CT molecular complexity index is 897. The number of hydrogen-bond donors (Lipinski definition) is 2. The molecule has 0 fully saturated rings. The van der Waals surface area contributed by atoms with Crippen molar-refractivity contribution < 1.29 is 4.79 Å². The molecule has 25 heavy (non-hydrogen) atoms. The lowest BCUT2D eigenvalue weighted by molar-refractivity contribution is 0.252. The Morgan fingerprint density at radius 3 is 2.56 bits per heavy atom. The Kier molecular flexibility index (Phi) is 4.95. The quantitative estimate of drug-likeness (QED) is 0.544. The van der Waals surface area contributed by atoms with E-state index in [2.05, 4.69) is 15.8 Å². The normalized spacial score (nSPS) is 10.8. The molecule has 0 aliphatic heterocycles. The van der Waals surface area contributed by atoms with Crippen LogP contribution in [-0.4, -0.2) is 16.8 Å². The molecule has 0 saturated heterocycles. The minimum absolute atomic E-state index is 0.377. The fourth-order valence-electron chi connectivity index (χ4n) is 2.46. The molecule has 0 aliphatic rings. The zero-order valence-electron chi connectivity index (χ0n) is 14.2. The van der Waals surface area contributed by atoms with Gasteiger partial charge in [-0.1, -0.05) is 24.3 Å². The number of hydrazone groups is 1. The van der Waals surface area contributed by atoms with Crippen LogP contribution >= 0.6 is 0 Å². The van der Waals surface area contributed by atoms with E-state index in [1.54, 1.807) is 6.21 Å². The van der Waals surface area contributed by atoms with Crippen molar-refractivity contribution in [2.45, 2.75) is 13.8 Å². The summed E-state index contributed by atoms with van der Waals surface area (Å²) in [5.41, 5.74) is 7.45. The average Bonchev–Trinajstić information content (AvgIpc) is 3.07. The molecule has 1 aromatic heterocycles. The van der Waals surface area contributed by atoms with Crippen molar-refractivity contribution in [1.29, 1.82) is 0 Å². The molecule has 0 aliphatic carbocycles. The van der Waals surface area contributed by atoms with Gasteiger partial charge in [-0.3, -0.25) is 0 Å². The minimum Gasteiger partial charge on any atom is -0.316 e. The zero-order valence-corrected chi connectivity index (χ0v) is 14.2. The number of aryl methyl sites for hydroxylation is 2. The predicted molar refractivity (Wildman–Crippen MR) is 101 cm³/mol. The highest BCUT2D eigenvalue weighted by Crippen LogP contribution is 2.14. The van der Waals surface area contributed by atoms with E-state index in [4.69, 9.17) is 0 Å². The number of nitrogens with one attached hydrogen (secondary N) is 2. The standard InChI is InChI=1S/C20H20N4O/c1-15-10-11-17(13-16(15)2)22-20(25)23-21-14-19-9-6-12-24(19)18-7-4-3-5-8-18/h3-14H,1-2H3,(H2,22,23,25)/b21-14+. The average molecular weight is 332 g/mol. The maximum atomic E-state index is 11.9. The first kappa shape index (κ1) is 16.5. The van der Waals surface area contributed by atoms with Gasteiger partial charge in [0.15, 0.2) is 0 Å². The van der Waals surface area contributed by atoms with Crippen LogP contribution in [0.2, 0.25) is 0 Å². The van der Waals surface area contributed by atoms with Crippen LogP contribution in [-0.2, 0) is 0 Å². The zero-order chi connectivity index (χ0) is 17.6. The summed E-state index contributed by atoms with van der Waals surface area (Å²) in [4.78, 5) is 11.9. The van der Waals surface area contributed by atoms with Crippen molar-refractivity contribution in [2.75, 3.05) is 5.32 Å². The van der Waals surface area contributed by atoms with Crippen LogP contribution in [0, 0.1) is 13.8 Å². The van der Waals surface area contributed by atoms with E-state index in [-0.39, 0.29) is 6.03 Å². The third kappa shape index (κ3) is 4.14. The molecular formula is C20H20N4O. The van der Waals surface area contributed by atoms with Gasteiger partial charge in [0.05, 0.1) is 11.9 Å². The van der Waals surface area contributed by atoms with Crippen LogP contribution in [0.25, 0.3) is 5.69 Å². The van der Waals surface area contributed by atoms with E-state index in [1.807, 2.05) is 85.3 Å². The molecule has 2 aromatic carbocycles. The number of amides is 2. The Balaban J connectivity index is 1.63. The number of urea groups is 1. The van der Waals surface area contributed by atoms with Gasteiger partial charge in [-0.05, 0) is 61.4 Å². The van der Waals surface area contributed by atoms with Crippen LogP contribution < -0.4 is 10.7 Å². The van der Waals surface area contributed by atoms with E-state index < -0.39 is 0 Å². The predicted octanol–water partition coefficient (Wildman–Crippen LogP) is 4.25. The largest absolute Gasteiger partial charge is 0.339 e. The smallest absolute Gasteiger partial charge is 0.316 e. The Morgan fingerprint density at radius 1 is 1.00 bits per heavy atom. The summed E-state index contributed by atoms with van der Waals surface area (Å²) < 4.78 is 1.99. The lowest BCUT2D eigenvalue weighted by Crippen LogP contribution is -2.24. The maximum Gasteiger partial charge on any atom is 0.339 e. The first-order valence-electron chi connectivity index (χ1n) is 8.03. The van der Waals surface area contributed by atoms with Gasteiger partial charge in [0, 0.05) is 17.6 Å². The molecule has 1 heterocycles. The highest BCUT2D eigenvalue weighted by atomic mass is 16.2. The minimum atomic E-state index is -0.377. The number of para-hydroxylation sites is 1. The summed E-state index contributed by atoms with van der Waals surface area (Å²) in [6, 6.07) is 19.2. The highest BCUT2D eigenvalue weighted by molar-refractivity contribution is 5.90. The number of benzene rings is 2. The van der Waals surface area contributed by atoms with Gasteiger partial charge in [-0.2, -0.15) is 5.10 Å². The van der Waals surface area contributed by atoms with Gasteiger partial charge < -0.3 is 9.88 Å². The van der Waals surface area contributed by atoms with Gasteiger partial charge >= 0.3 is 6.03 Å². The van der Waals surface area contributed by atoms with E-state index in [9.17, 15) is 4.79 Å². The van der Waals surface area contributed by atoms with Crippen LogP contribution in [0.15, 0.2) is 72.0 Å². The molecular weight excluding hydrogens is 312 g/mol. The number of carbonyl (C=O) groups is 1. The molecule has 0 radical (unpaired) electrons. The van der Waals surface area contributed by atoms with E-state index >= 15 is 0 Å². The summed E-state index contributed by atoms with van der Waals surface area (Å²) in [6.07, 6.45) is 3.57. The molecule has 0 spiro atoms. The third-order valence-electron chi connectivity index (χ3n) is 3.94. The summed E-state index contributed by atoms with van der Waals surface area (Å²) in [6.45, 7) is 4.04. The van der Waals surface area contributed by atoms with Gasteiger partial charge in [-0.15, -0.1) is 0 Å². The fraction of sp³-hybridized carbons (Fsp3) is 0.100.